The molecule has 1 atom stereocenters. The average Bonchev–Trinajstić information content (AvgIpc) is 2.82. The number of nitrogens with one attached hydrogen (secondary N) is 1. The van der Waals surface area contributed by atoms with Crippen LogP contribution in [0.2, 0.25) is 0 Å². The average molecular weight is 278 g/mol. The number of hydrogen-bond acceptors (Lipinski definition) is 4. The maximum atomic E-state index is 11.5. The van der Waals surface area contributed by atoms with Gasteiger partial charge in [-0.25, -0.2) is 4.79 Å². The molecule has 1 aliphatic heterocycles. The summed E-state index contributed by atoms with van der Waals surface area (Å²) in [5, 5.41) is 3.24. The van der Waals surface area contributed by atoms with Gasteiger partial charge < -0.3 is 19.7 Å². The molecule has 1 aliphatic rings. The van der Waals surface area contributed by atoms with Gasteiger partial charge in [-0.15, -0.1) is 0 Å². The zero-order valence-electron chi connectivity index (χ0n) is 12.3. The quantitative estimate of drug-likeness (QED) is 0.866. The molecule has 1 heterocycles. The largest absolute Gasteiger partial charge is 0.491 e. The summed E-state index contributed by atoms with van der Waals surface area (Å²) in [5.41, 5.74) is 1.13. The van der Waals surface area contributed by atoms with Crippen molar-refractivity contribution in [2.24, 2.45) is 0 Å². The molecule has 1 unspecified atom stereocenters. The summed E-state index contributed by atoms with van der Waals surface area (Å²) in [5.74, 6) is 0.860. The summed E-state index contributed by atoms with van der Waals surface area (Å²) in [6.07, 6.45) is -0.0645. The second-order valence-corrected chi connectivity index (χ2v) is 5.14. The highest BCUT2D eigenvalue weighted by molar-refractivity contribution is 5.69. The third-order valence-corrected chi connectivity index (χ3v) is 3.25. The molecular formula is C15H22N2O3. The number of rotatable bonds is 6. The van der Waals surface area contributed by atoms with Crippen molar-refractivity contribution >= 4 is 6.09 Å². The number of carbonyl (C=O) groups excluding carboxylic acids is 1. The molecule has 5 heteroatoms. The number of benzene rings is 1. The minimum absolute atomic E-state index is 0.0914. The van der Waals surface area contributed by atoms with E-state index in [4.69, 9.17) is 9.47 Å². The summed E-state index contributed by atoms with van der Waals surface area (Å²) in [4.78, 5) is 13.2. The Morgan fingerprint density at radius 2 is 2.05 bits per heavy atom. The fraction of sp³-hybridized carbons (Fsp3) is 0.533. The molecule has 1 aromatic rings. The highest BCUT2D eigenvalue weighted by Crippen LogP contribution is 2.20. The lowest BCUT2D eigenvalue weighted by Gasteiger charge is -2.22. The van der Waals surface area contributed by atoms with Crippen LogP contribution in [0.15, 0.2) is 24.3 Å². The summed E-state index contributed by atoms with van der Waals surface area (Å²) in [7, 11) is 1.89. The maximum Gasteiger partial charge on any atom is 0.410 e. The van der Waals surface area contributed by atoms with Crippen LogP contribution in [0.25, 0.3) is 0 Å². The van der Waals surface area contributed by atoms with Crippen LogP contribution in [0, 0.1) is 0 Å². The lowest BCUT2D eigenvalue weighted by Crippen LogP contribution is -2.34. The normalized spacial score (nSPS) is 16.4. The van der Waals surface area contributed by atoms with Crippen LogP contribution in [0.4, 0.5) is 4.79 Å². The highest BCUT2D eigenvalue weighted by atomic mass is 16.6. The molecule has 0 bridgehead atoms. The first-order chi connectivity index (χ1) is 9.60. The molecule has 0 aliphatic carbocycles. The van der Waals surface area contributed by atoms with E-state index in [1.54, 1.807) is 4.90 Å². The molecule has 0 aromatic heterocycles. The van der Waals surface area contributed by atoms with Crippen molar-refractivity contribution in [3.05, 3.63) is 29.8 Å². The van der Waals surface area contributed by atoms with E-state index >= 15 is 0 Å². The first-order valence-electron chi connectivity index (χ1n) is 6.95. The minimum atomic E-state index is -0.231. The monoisotopic (exact) mass is 278 g/mol. The van der Waals surface area contributed by atoms with E-state index < -0.39 is 0 Å². The fourth-order valence-corrected chi connectivity index (χ4v) is 2.23. The van der Waals surface area contributed by atoms with Gasteiger partial charge in [0.25, 0.3) is 0 Å². The van der Waals surface area contributed by atoms with Gasteiger partial charge in [-0.2, -0.15) is 0 Å². The standard InChI is InChI=1S/C15H22N2O3/c1-11(2)20-13-6-4-12(5-7-13)14(16-3)10-17-8-9-19-15(17)18/h4-7,11,14,16H,8-10H2,1-3H3. The van der Waals surface area contributed by atoms with Gasteiger partial charge in [0.05, 0.1) is 12.6 Å². The van der Waals surface area contributed by atoms with Gasteiger partial charge in [0, 0.05) is 12.6 Å². The van der Waals surface area contributed by atoms with Crippen molar-refractivity contribution in [2.45, 2.75) is 26.0 Å². The highest BCUT2D eigenvalue weighted by Gasteiger charge is 2.25. The molecule has 5 nitrogen and oxygen atoms in total. The van der Waals surface area contributed by atoms with Crippen LogP contribution in [0.1, 0.15) is 25.5 Å². The van der Waals surface area contributed by atoms with Gasteiger partial charge in [0.15, 0.2) is 0 Å². The molecule has 1 fully saturated rings. The van der Waals surface area contributed by atoms with E-state index in [9.17, 15) is 4.79 Å². The molecule has 1 N–H and O–H groups in total. The summed E-state index contributed by atoms with van der Waals surface area (Å²) >= 11 is 0. The van der Waals surface area contributed by atoms with E-state index in [1.165, 1.54) is 0 Å². The van der Waals surface area contributed by atoms with Crippen LogP contribution in [-0.2, 0) is 4.74 Å². The Morgan fingerprint density at radius 1 is 1.35 bits per heavy atom. The Balaban J connectivity index is 2.01. The summed E-state index contributed by atoms with van der Waals surface area (Å²) < 4.78 is 10.6. The molecule has 0 radical (unpaired) electrons. The Labute approximate surface area is 119 Å². The Bertz CT molecular complexity index is 445. The van der Waals surface area contributed by atoms with Crippen molar-refractivity contribution in [2.75, 3.05) is 26.7 Å². The van der Waals surface area contributed by atoms with Crippen molar-refractivity contribution in [3.8, 4) is 5.75 Å². The van der Waals surface area contributed by atoms with Crippen LogP contribution >= 0.6 is 0 Å². The molecular weight excluding hydrogens is 256 g/mol. The molecule has 2 rings (SSSR count). The molecule has 1 aromatic carbocycles. The second-order valence-electron chi connectivity index (χ2n) is 5.14. The van der Waals surface area contributed by atoms with E-state index in [2.05, 4.69) is 5.32 Å². The Kier molecular flexibility index (Phi) is 4.84. The van der Waals surface area contributed by atoms with Crippen LogP contribution in [0.5, 0.6) is 5.75 Å². The van der Waals surface area contributed by atoms with Gasteiger partial charge >= 0.3 is 6.09 Å². The summed E-state index contributed by atoms with van der Waals surface area (Å²) in [6, 6.07) is 8.07. The number of likely N-dealkylation sites (N-methyl/N-ethyl adjacent to an activating group) is 1. The van der Waals surface area contributed by atoms with E-state index in [0.29, 0.717) is 19.7 Å². The Hall–Kier alpha value is -1.75. The number of carbonyl (C=O) groups is 1. The molecule has 0 saturated carbocycles. The number of cyclic esters (lactones) is 1. The zero-order chi connectivity index (χ0) is 14.5. The zero-order valence-corrected chi connectivity index (χ0v) is 12.3. The molecule has 0 spiro atoms. The van der Waals surface area contributed by atoms with Crippen molar-refractivity contribution in [1.29, 1.82) is 0 Å². The van der Waals surface area contributed by atoms with Crippen LogP contribution < -0.4 is 10.1 Å². The molecule has 20 heavy (non-hydrogen) atoms. The first-order valence-corrected chi connectivity index (χ1v) is 6.95. The predicted molar refractivity (Wildman–Crippen MR) is 76.9 cm³/mol. The molecule has 1 amide bonds. The van der Waals surface area contributed by atoms with Crippen molar-refractivity contribution < 1.29 is 14.3 Å². The topological polar surface area (TPSA) is 50.8 Å². The van der Waals surface area contributed by atoms with Gasteiger partial charge in [-0.3, -0.25) is 0 Å². The second kappa shape index (κ2) is 6.61. The first kappa shape index (κ1) is 14.7. The predicted octanol–water partition coefficient (Wildman–Crippen LogP) is 2.19. The lowest BCUT2D eigenvalue weighted by molar-refractivity contribution is 0.156. The van der Waals surface area contributed by atoms with Crippen LogP contribution in [-0.4, -0.2) is 43.8 Å². The van der Waals surface area contributed by atoms with Gasteiger partial charge in [0.1, 0.15) is 12.4 Å². The molecule has 110 valence electrons. The molecule has 1 saturated heterocycles. The van der Waals surface area contributed by atoms with Crippen molar-refractivity contribution in [3.63, 3.8) is 0 Å². The summed E-state index contributed by atoms with van der Waals surface area (Å²) in [6.45, 7) is 5.76. The van der Waals surface area contributed by atoms with E-state index in [0.717, 1.165) is 11.3 Å². The number of ether oxygens (including phenoxy) is 2. The lowest BCUT2D eigenvalue weighted by atomic mass is 10.1. The number of amides is 1. The van der Waals surface area contributed by atoms with Gasteiger partial charge in [0.2, 0.25) is 0 Å². The van der Waals surface area contributed by atoms with Gasteiger partial charge in [-0.1, -0.05) is 12.1 Å². The number of hydrogen-bond donors (Lipinski definition) is 1. The van der Waals surface area contributed by atoms with E-state index in [1.807, 2.05) is 45.2 Å². The maximum absolute atomic E-state index is 11.5. The smallest absolute Gasteiger partial charge is 0.410 e. The number of nitrogens with zero attached hydrogens (tertiary/aromatic N) is 1. The minimum Gasteiger partial charge on any atom is -0.491 e. The van der Waals surface area contributed by atoms with E-state index in [-0.39, 0.29) is 18.2 Å². The fourth-order valence-electron chi connectivity index (χ4n) is 2.23. The van der Waals surface area contributed by atoms with Crippen LogP contribution in [0.3, 0.4) is 0 Å². The Morgan fingerprint density at radius 3 is 2.55 bits per heavy atom. The van der Waals surface area contributed by atoms with Gasteiger partial charge in [-0.05, 0) is 38.6 Å². The van der Waals surface area contributed by atoms with Crippen molar-refractivity contribution in [1.82, 2.24) is 10.2 Å². The third-order valence-electron chi connectivity index (χ3n) is 3.25. The third kappa shape index (κ3) is 3.63. The SMILES string of the molecule is CNC(CN1CCOC1=O)c1ccc(OC(C)C)cc1.